The predicted octanol–water partition coefficient (Wildman–Crippen LogP) is 5.11. The van der Waals surface area contributed by atoms with Gasteiger partial charge in [0.1, 0.15) is 5.60 Å². The van der Waals surface area contributed by atoms with Crippen LogP contribution in [0.4, 0.5) is 4.79 Å². The Hall–Kier alpha value is -3.38. The second-order valence-electron chi connectivity index (χ2n) is 8.84. The normalized spacial score (nSPS) is 19.0. The summed E-state index contributed by atoms with van der Waals surface area (Å²) in [6, 6.07) is 21.2. The van der Waals surface area contributed by atoms with Crippen LogP contribution in [0.3, 0.4) is 0 Å². The zero-order chi connectivity index (χ0) is 24.1. The van der Waals surface area contributed by atoms with Crippen LogP contribution in [0.5, 0.6) is 0 Å². The zero-order valence-electron chi connectivity index (χ0n) is 19.8. The number of rotatable bonds is 8. The fourth-order valence-electron chi connectivity index (χ4n) is 4.73. The van der Waals surface area contributed by atoms with Crippen molar-refractivity contribution in [2.24, 2.45) is 0 Å². The van der Waals surface area contributed by atoms with E-state index in [1.807, 2.05) is 80.7 Å². The lowest BCUT2D eigenvalue weighted by molar-refractivity contribution is -0.0680. The minimum atomic E-state index is -0.705. The van der Waals surface area contributed by atoms with Crippen LogP contribution in [0.1, 0.15) is 50.3 Å². The van der Waals surface area contributed by atoms with Crippen molar-refractivity contribution in [3.8, 4) is 11.1 Å². The van der Waals surface area contributed by atoms with E-state index in [2.05, 4.69) is 0 Å². The van der Waals surface area contributed by atoms with E-state index < -0.39 is 5.60 Å². The third kappa shape index (κ3) is 4.77. The number of carbonyl (C=O) groups excluding carboxylic acids is 1. The molecule has 2 aromatic carbocycles. The second-order valence-corrected chi connectivity index (χ2v) is 8.84. The summed E-state index contributed by atoms with van der Waals surface area (Å²) < 4.78 is 7.78. The molecular formula is C28H32N2O4. The van der Waals surface area contributed by atoms with Gasteiger partial charge in [-0.05, 0) is 55.0 Å². The molecule has 0 aliphatic carbocycles. The number of ether oxygens (including phenoxy) is 1. The Morgan fingerprint density at radius 1 is 1.00 bits per heavy atom. The summed E-state index contributed by atoms with van der Waals surface area (Å²) in [5.41, 5.74) is 3.28. The summed E-state index contributed by atoms with van der Waals surface area (Å²) in [5, 5.41) is 9.39. The van der Waals surface area contributed by atoms with Crippen molar-refractivity contribution in [1.29, 1.82) is 0 Å². The SMILES string of the molecule is CCn1cc(-c2ccc([C@H](C)N3CCC(CCCO)(c4ccccc4)OC3=O)cc2)ccc1=O. The highest BCUT2D eigenvalue weighted by atomic mass is 16.6. The van der Waals surface area contributed by atoms with Gasteiger partial charge in [-0.15, -0.1) is 0 Å². The molecule has 1 saturated heterocycles. The molecule has 1 amide bonds. The van der Waals surface area contributed by atoms with E-state index in [0.29, 0.717) is 32.4 Å². The van der Waals surface area contributed by atoms with Crippen molar-refractivity contribution < 1.29 is 14.6 Å². The van der Waals surface area contributed by atoms with E-state index in [4.69, 9.17) is 4.74 Å². The molecule has 1 N–H and O–H groups in total. The van der Waals surface area contributed by atoms with Crippen molar-refractivity contribution in [3.63, 3.8) is 0 Å². The van der Waals surface area contributed by atoms with Crippen LogP contribution in [0.25, 0.3) is 11.1 Å². The summed E-state index contributed by atoms with van der Waals surface area (Å²) in [4.78, 5) is 26.8. The van der Waals surface area contributed by atoms with Gasteiger partial charge >= 0.3 is 6.09 Å². The van der Waals surface area contributed by atoms with E-state index in [9.17, 15) is 14.7 Å². The number of aliphatic hydroxyl groups is 1. The highest BCUT2D eigenvalue weighted by Crippen LogP contribution is 2.40. The molecule has 178 valence electrons. The average molecular weight is 461 g/mol. The number of pyridine rings is 1. The zero-order valence-corrected chi connectivity index (χ0v) is 19.8. The Morgan fingerprint density at radius 3 is 2.35 bits per heavy atom. The molecule has 1 aliphatic heterocycles. The van der Waals surface area contributed by atoms with E-state index in [0.717, 1.165) is 22.3 Å². The molecule has 0 radical (unpaired) electrons. The highest BCUT2D eigenvalue weighted by molar-refractivity contribution is 5.70. The first kappa shape index (κ1) is 23.8. The van der Waals surface area contributed by atoms with Gasteiger partial charge in [0, 0.05) is 38.4 Å². The predicted molar refractivity (Wildman–Crippen MR) is 132 cm³/mol. The number of cyclic esters (lactones) is 1. The summed E-state index contributed by atoms with van der Waals surface area (Å²) in [6.07, 6.45) is 3.38. The number of hydrogen-bond acceptors (Lipinski definition) is 4. The summed E-state index contributed by atoms with van der Waals surface area (Å²) in [5.74, 6) is 0. The molecule has 34 heavy (non-hydrogen) atoms. The number of hydrogen-bond donors (Lipinski definition) is 1. The Bertz CT molecular complexity index is 1170. The van der Waals surface area contributed by atoms with Crippen molar-refractivity contribution >= 4 is 6.09 Å². The Morgan fingerprint density at radius 2 is 1.71 bits per heavy atom. The maximum Gasteiger partial charge on any atom is 0.411 e. The molecule has 6 nitrogen and oxygen atoms in total. The smallest absolute Gasteiger partial charge is 0.411 e. The molecule has 0 saturated carbocycles. The Balaban J connectivity index is 1.51. The molecule has 6 heteroatoms. The number of aryl methyl sites for hydroxylation is 1. The third-order valence-electron chi connectivity index (χ3n) is 6.83. The van der Waals surface area contributed by atoms with Crippen LogP contribution in [0.2, 0.25) is 0 Å². The average Bonchev–Trinajstić information content (AvgIpc) is 2.88. The molecule has 1 unspecified atom stereocenters. The fraction of sp³-hybridized carbons (Fsp3) is 0.357. The van der Waals surface area contributed by atoms with Gasteiger partial charge < -0.3 is 19.3 Å². The lowest BCUT2D eigenvalue weighted by atomic mass is 9.84. The van der Waals surface area contributed by atoms with Crippen molar-refractivity contribution in [2.75, 3.05) is 13.2 Å². The van der Waals surface area contributed by atoms with Gasteiger partial charge in [-0.1, -0.05) is 54.6 Å². The lowest BCUT2D eigenvalue weighted by Crippen LogP contribution is -2.48. The molecule has 2 heterocycles. The van der Waals surface area contributed by atoms with E-state index in [1.54, 1.807) is 15.5 Å². The number of benzene rings is 2. The van der Waals surface area contributed by atoms with Crippen molar-refractivity contribution in [2.45, 2.75) is 51.3 Å². The molecule has 1 fully saturated rings. The largest absolute Gasteiger partial charge is 0.438 e. The van der Waals surface area contributed by atoms with Crippen LogP contribution in [-0.2, 0) is 16.9 Å². The number of carbonyl (C=O) groups is 1. The molecule has 1 aromatic heterocycles. The Labute approximate surface area is 200 Å². The lowest BCUT2D eigenvalue weighted by Gasteiger charge is -2.43. The molecular weight excluding hydrogens is 428 g/mol. The van der Waals surface area contributed by atoms with Crippen LogP contribution in [-0.4, -0.2) is 33.8 Å². The monoisotopic (exact) mass is 460 g/mol. The molecule has 0 bridgehead atoms. The number of nitrogens with zero attached hydrogens (tertiary/aromatic N) is 2. The summed E-state index contributed by atoms with van der Waals surface area (Å²) in [7, 11) is 0. The number of aromatic nitrogens is 1. The van der Waals surface area contributed by atoms with Gasteiger partial charge in [-0.2, -0.15) is 0 Å². The van der Waals surface area contributed by atoms with Gasteiger partial charge in [0.15, 0.2) is 0 Å². The Kier molecular flexibility index (Phi) is 7.17. The number of aliphatic hydroxyl groups excluding tert-OH is 1. The standard InChI is InChI=1S/C28H32N2O4/c1-3-29-20-24(14-15-26(29)32)23-12-10-22(11-13-23)21(2)30-18-17-28(16-7-19-31,34-27(30)33)25-8-5-4-6-9-25/h4-6,8-15,20-21,31H,3,7,16-19H2,1-2H3/t21-,28?/m0/s1. The maximum atomic E-state index is 13.2. The molecule has 3 aromatic rings. The molecule has 0 spiro atoms. The molecule has 1 aliphatic rings. The van der Waals surface area contributed by atoms with E-state index in [-0.39, 0.29) is 24.3 Å². The summed E-state index contributed by atoms with van der Waals surface area (Å²) >= 11 is 0. The van der Waals surface area contributed by atoms with Gasteiger partial charge in [0.2, 0.25) is 0 Å². The molecule has 4 rings (SSSR count). The quantitative estimate of drug-likeness (QED) is 0.507. The minimum absolute atomic E-state index is 0.00864. The first-order valence-corrected chi connectivity index (χ1v) is 11.9. The summed E-state index contributed by atoms with van der Waals surface area (Å²) in [6.45, 7) is 5.22. The fourth-order valence-corrected chi connectivity index (χ4v) is 4.73. The van der Waals surface area contributed by atoms with E-state index >= 15 is 0 Å². The highest BCUT2D eigenvalue weighted by Gasteiger charge is 2.43. The van der Waals surface area contributed by atoms with Crippen LogP contribution < -0.4 is 5.56 Å². The van der Waals surface area contributed by atoms with Gasteiger partial charge in [-0.25, -0.2) is 4.79 Å². The van der Waals surface area contributed by atoms with Gasteiger partial charge in [-0.3, -0.25) is 4.79 Å². The van der Waals surface area contributed by atoms with Crippen molar-refractivity contribution in [3.05, 3.63) is 94.4 Å². The first-order chi connectivity index (χ1) is 16.5. The first-order valence-electron chi connectivity index (χ1n) is 11.9. The van der Waals surface area contributed by atoms with E-state index in [1.165, 1.54) is 0 Å². The third-order valence-corrected chi connectivity index (χ3v) is 6.83. The van der Waals surface area contributed by atoms with Crippen LogP contribution in [0.15, 0.2) is 77.7 Å². The number of amides is 1. The molecule has 2 atom stereocenters. The van der Waals surface area contributed by atoms with Crippen LogP contribution in [0, 0.1) is 0 Å². The van der Waals surface area contributed by atoms with Crippen LogP contribution >= 0.6 is 0 Å². The second kappa shape index (κ2) is 10.3. The van der Waals surface area contributed by atoms with Gasteiger partial charge in [0.25, 0.3) is 5.56 Å². The minimum Gasteiger partial charge on any atom is -0.438 e. The topological polar surface area (TPSA) is 71.8 Å². The maximum absolute atomic E-state index is 13.2. The van der Waals surface area contributed by atoms with Crippen molar-refractivity contribution in [1.82, 2.24) is 9.47 Å². The van der Waals surface area contributed by atoms with Gasteiger partial charge in [0.05, 0.1) is 6.04 Å².